The Bertz CT molecular complexity index is 3540. The van der Waals surface area contributed by atoms with Crippen molar-refractivity contribution in [1.82, 2.24) is 19.5 Å². The number of rotatable bonds is 6. The fraction of sp³-hybridized carbons (Fsp3) is 0. The summed E-state index contributed by atoms with van der Waals surface area (Å²) in [7, 11) is 0. The van der Waals surface area contributed by atoms with Crippen LogP contribution in [0, 0.1) is 0 Å². The summed E-state index contributed by atoms with van der Waals surface area (Å²) in [6.45, 7) is 0. The van der Waals surface area contributed by atoms with Crippen LogP contribution in [0.2, 0.25) is 0 Å². The molecule has 3 aromatic heterocycles. The van der Waals surface area contributed by atoms with Crippen molar-refractivity contribution < 1.29 is 4.42 Å². The second kappa shape index (κ2) is 13.8. The zero-order valence-corrected chi connectivity index (χ0v) is 32.3. The predicted octanol–water partition coefficient (Wildman–Crippen LogP) is 14.4. The monoisotopic (exact) mass is 766 g/mol. The van der Waals surface area contributed by atoms with Crippen molar-refractivity contribution in [2.45, 2.75) is 0 Å². The Morgan fingerprint density at radius 3 is 1.60 bits per heavy atom. The molecule has 0 spiro atoms. The van der Waals surface area contributed by atoms with Gasteiger partial charge in [-0.05, 0) is 69.4 Å². The third-order valence-electron chi connectivity index (χ3n) is 11.7. The van der Waals surface area contributed by atoms with Gasteiger partial charge in [-0.2, -0.15) is 0 Å². The second-order valence-electron chi connectivity index (χ2n) is 15.2. The maximum absolute atomic E-state index is 6.52. The zero-order chi connectivity index (χ0) is 39.6. The number of benzene rings is 9. The molecule has 12 aromatic rings. The number of aromatic nitrogens is 4. The first-order valence-electron chi connectivity index (χ1n) is 20.2. The van der Waals surface area contributed by atoms with Crippen molar-refractivity contribution in [3.63, 3.8) is 0 Å². The van der Waals surface area contributed by atoms with Crippen LogP contribution in [0.3, 0.4) is 0 Å². The van der Waals surface area contributed by atoms with Crippen LogP contribution in [0.5, 0.6) is 0 Å². The van der Waals surface area contributed by atoms with E-state index < -0.39 is 0 Å². The van der Waals surface area contributed by atoms with Gasteiger partial charge in [-0.3, -0.25) is 0 Å². The summed E-state index contributed by atoms with van der Waals surface area (Å²) in [6, 6.07) is 72.2. The third-order valence-corrected chi connectivity index (χ3v) is 11.7. The molecule has 0 fully saturated rings. The number of hydrogen-bond acceptors (Lipinski definition) is 4. The Balaban J connectivity index is 1.03. The molecule has 5 heteroatoms. The smallest absolute Gasteiger partial charge is 0.167 e. The van der Waals surface area contributed by atoms with Crippen LogP contribution >= 0.6 is 0 Å². The lowest BCUT2D eigenvalue weighted by atomic mass is 9.91. The molecule has 0 radical (unpaired) electrons. The van der Waals surface area contributed by atoms with Gasteiger partial charge in [-0.1, -0.05) is 170 Å². The molecular weight excluding hydrogens is 733 g/mol. The summed E-state index contributed by atoms with van der Waals surface area (Å²) < 4.78 is 8.84. The van der Waals surface area contributed by atoms with Crippen molar-refractivity contribution in [2.75, 3.05) is 0 Å². The van der Waals surface area contributed by atoms with Gasteiger partial charge in [0.2, 0.25) is 0 Å². The molecule has 0 aliphatic rings. The number of fused-ring (bicyclic) bond motifs is 7. The van der Waals surface area contributed by atoms with Crippen LogP contribution in [0.25, 0.3) is 117 Å². The van der Waals surface area contributed by atoms with E-state index in [9.17, 15) is 0 Å². The average Bonchev–Trinajstić information content (AvgIpc) is 3.88. The largest absolute Gasteiger partial charge is 0.455 e. The molecule has 0 saturated heterocycles. The summed E-state index contributed by atoms with van der Waals surface area (Å²) in [5.74, 6) is 1.71. The molecule has 9 aromatic carbocycles. The lowest BCUT2D eigenvalue weighted by Crippen LogP contribution is -2.01. The van der Waals surface area contributed by atoms with Gasteiger partial charge in [0.15, 0.2) is 17.5 Å². The first-order valence-corrected chi connectivity index (χ1v) is 20.2. The van der Waals surface area contributed by atoms with E-state index in [2.05, 4.69) is 180 Å². The average molecular weight is 767 g/mol. The highest BCUT2D eigenvalue weighted by Gasteiger charge is 2.19. The summed E-state index contributed by atoms with van der Waals surface area (Å²) in [6.07, 6.45) is 0. The molecule has 5 nitrogen and oxygen atoms in total. The first-order chi connectivity index (χ1) is 29.7. The minimum Gasteiger partial charge on any atom is -0.455 e. The quantitative estimate of drug-likeness (QED) is 0.169. The van der Waals surface area contributed by atoms with E-state index in [0.717, 1.165) is 60.9 Å². The summed E-state index contributed by atoms with van der Waals surface area (Å²) in [4.78, 5) is 15.6. The molecule has 0 N–H and O–H groups in total. The fourth-order valence-electron chi connectivity index (χ4n) is 8.90. The fourth-order valence-corrected chi connectivity index (χ4v) is 8.90. The standard InChI is InChI=1S/C55H34N4O/c1-2-14-35(15-3-1)41-23-11-16-37-17-12-24-42(51(37)41)36-30-32-38(33-31-36)53-56-54(58-55(57-53)47-26-13-25-46-45-22-6-9-29-50(45)60-52(46)47)39-18-10-19-40(34-39)59-48-27-7-4-20-43(48)44-21-5-8-28-49(44)59/h1-34H. The van der Waals surface area contributed by atoms with Gasteiger partial charge in [-0.25, -0.2) is 15.0 Å². The summed E-state index contributed by atoms with van der Waals surface area (Å²) in [5, 5.41) is 6.94. The first kappa shape index (κ1) is 33.9. The van der Waals surface area contributed by atoms with Crippen LogP contribution in [0.4, 0.5) is 0 Å². The van der Waals surface area contributed by atoms with Crippen molar-refractivity contribution >= 4 is 54.5 Å². The molecule has 0 saturated carbocycles. The summed E-state index contributed by atoms with van der Waals surface area (Å²) in [5.41, 5.74) is 12.2. The molecule has 3 heterocycles. The van der Waals surface area contributed by atoms with E-state index in [0.29, 0.717) is 17.5 Å². The Hall–Kier alpha value is -8.15. The van der Waals surface area contributed by atoms with Crippen LogP contribution in [0.15, 0.2) is 211 Å². The third kappa shape index (κ3) is 5.52. The molecule has 280 valence electrons. The second-order valence-corrected chi connectivity index (χ2v) is 15.2. The van der Waals surface area contributed by atoms with Crippen molar-refractivity contribution in [1.29, 1.82) is 0 Å². The van der Waals surface area contributed by atoms with E-state index in [1.807, 2.05) is 30.3 Å². The van der Waals surface area contributed by atoms with Crippen LogP contribution in [-0.2, 0) is 0 Å². The summed E-state index contributed by atoms with van der Waals surface area (Å²) >= 11 is 0. The van der Waals surface area contributed by atoms with Gasteiger partial charge >= 0.3 is 0 Å². The molecular formula is C55H34N4O. The van der Waals surface area contributed by atoms with Crippen molar-refractivity contribution in [3.05, 3.63) is 206 Å². The van der Waals surface area contributed by atoms with Gasteiger partial charge < -0.3 is 8.98 Å². The van der Waals surface area contributed by atoms with Gasteiger partial charge in [-0.15, -0.1) is 0 Å². The highest BCUT2D eigenvalue weighted by Crippen LogP contribution is 2.39. The molecule has 0 amide bonds. The predicted molar refractivity (Wildman–Crippen MR) is 246 cm³/mol. The Morgan fingerprint density at radius 2 is 0.867 bits per heavy atom. The van der Waals surface area contributed by atoms with Crippen LogP contribution in [0.1, 0.15) is 0 Å². The number of para-hydroxylation sites is 4. The topological polar surface area (TPSA) is 56.7 Å². The lowest BCUT2D eigenvalue weighted by Gasteiger charge is -2.13. The van der Waals surface area contributed by atoms with Gasteiger partial charge in [0.25, 0.3) is 0 Å². The molecule has 0 aliphatic heterocycles. The minimum atomic E-state index is 0.549. The Labute approximate surface area is 345 Å². The van der Waals surface area contributed by atoms with Gasteiger partial charge in [0.05, 0.1) is 16.6 Å². The van der Waals surface area contributed by atoms with Gasteiger partial charge in [0, 0.05) is 38.4 Å². The van der Waals surface area contributed by atoms with E-state index in [-0.39, 0.29) is 0 Å². The normalized spacial score (nSPS) is 11.7. The number of nitrogens with zero attached hydrogens (tertiary/aromatic N) is 4. The zero-order valence-electron chi connectivity index (χ0n) is 32.3. The molecule has 12 rings (SSSR count). The SMILES string of the molecule is c1ccc(-c2cccc3cccc(-c4ccc(-c5nc(-c6cccc(-n7c8ccccc8c8ccccc87)c6)nc(-c6cccc7c6oc6ccccc67)n5)cc4)c23)cc1. The highest BCUT2D eigenvalue weighted by atomic mass is 16.3. The van der Waals surface area contributed by atoms with Crippen molar-refractivity contribution in [2.24, 2.45) is 0 Å². The van der Waals surface area contributed by atoms with E-state index in [1.165, 1.54) is 38.2 Å². The Morgan fingerprint density at radius 1 is 0.350 bits per heavy atom. The molecule has 0 aliphatic carbocycles. The lowest BCUT2D eigenvalue weighted by molar-refractivity contribution is 0.669. The van der Waals surface area contributed by atoms with E-state index in [4.69, 9.17) is 19.4 Å². The Kier molecular flexibility index (Phi) is 7.78. The van der Waals surface area contributed by atoms with E-state index >= 15 is 0 Å². The van der Waals surface area contributed by atoms with Crippen molar-refractivity contribution in [3.8, 4) is 62.1 Å². The highest BCUT2D eigenvalue weighted by molar-refractivity contribution is 6.10. The molecule has 0 bridgehead atoms. The number of hydrogen-bond donors (Lipinski definition) is 0. The maximum Gasteiger partial charge on any atom is 0.167 e. The molecule has 0 unspecified atom stereocenters. The molecule has 0 atom stereocenters. The van der Waals surface area contributed by atoms with Crippen LogP contribution in [-0.4, -0.2) is 19.5 Å². The van der Waals surface area contributed by atoms with Gasteiger partial charge in [0.1, 0.15) is 11.2 Å². The van der Waals surface area contributed by atoms with E-state index in [1.54, 1.807) is 0 Å². The van der Waals surface area contributed by atoms with Crippen LogP contribution < -0.4 is 0 Å². The maximum atomic E-state index is 6.52. The minimum absolute atomic E-state index is 0.549. The number of furan rings is 1. The molecule has 60 heavy (non-hydrogen) atoms.